The highest BCUT2D eigenvalue weighted by Gasteiger charge is 2.13. The second-order valence-electron chi connectivity index (χ2n) is 6.09. The molecule has 26 heavy (non-hydrogen) atoms. The highest BCUT2D eigenvalue weighted by Crippen LogP contribution is 2.21. The average molecular weight is 367 g/mol. The Balaban J connectivity index is 1.69. The Bertz CT molecular complexity index is 930. The molecular weight excluding hydrogens is 346 g/mol. The lowest BCUT2D eigenvalue weighted by Crippen LogP contribution is -2.34. The summed E-state index contributed by atoms with van der Waals surface area (Å²) in [5.74, 6) is -0.151. The van der Waals surface area contributed by atoms with Crippen molar-refractivity contribution >= 4 is 17.2 Å². The summed E-state index contributed by atoms with van der Waals surface area (Å²) >= 11 is 1.57. The average Bonchev–Trinajstić information content (AvgIpc) is 3.21. The number of carbonyl (C=O) groups excluding carboxylic acids is 1. The van der Waals surface area contributed by atoms with Crippen LogP contribution in [0.5, 0.6) is 0 Å². The maximum absolute atomic E-state index is 12.3. The van der Waals surface area contributed by atoms with Crippen molar-refractivity contribution in [3.63, 3.8) is 0 Å². The van der Waals surface area contributed by atoms with Crippen LogP contribution in [0.1, 0.15) is 35.8 Å². The molecular formula is C20H21N3O2S. The van der Waals surface area contributed by atoms with Gasteiger partial charge in [0.2, 0.25) is 0 Å². The van der Waals surface area contributed by atoms with Gasteiger partial charge in [-0.15, -0.1) is 11.3 Å². The van der Waals surface area contributed by atoms with Crippen LogP contribution in [0.2, 0.25) is 0 Å². The van der Waals surface area contributed by atoms with E-state index in [0.29, 0.717) is 12.1 Å². The molecule has 0 aliphatic heterocycles. The summed E-state index contributed by atoms with van der Waals surface area (Å²) in [5.41, 5.74) is 2.38. The van der Waals surface area contributed by atoms with Gasteiger partial charge < -0.3 is 5.32 Å². The van der Waals surface area contributed by atoms with E-state index in [4.69, 9.17) is 0 Å². The highest BCUT2D eigenvalue weighted by molar-refractivity contribution is 7.13. The molecule has 5 nitrogen and oxygen atoms in total. The van der Waals surface area contributed by atoms with Gasteiger partial charge in [0.05, 0.1) is 10.9 Å². The fourth-order valence-electron chi connectivity index (χ4n) is 2.62. The minimum absolute atomic E-state index is 0.151. The molecule has 2 heterocycles. The molecule has 1 unspecified atom stereocenters. The molecule has 6 heteroatoms. The van der Waals surface area contributed by atoms with Crippen molar-refractivity contribution < 1.29 is 4.79 Å². The normalized spacial score (nSPS) is 11.9. The second kappa shape index (κ2) is 8.10. The van der Waals surface area contributed by atoms with Crippen molar-refractivity contribution in [2.45, 2.75) is 26.3 Å². The first kappa shape index (κ1) is 18.1. The molecule has 0 aliphatic rings. The number of rotatable bonds is 6. The molecule has 0 spiro atoms. The standard InChI is InChI=1S/C20H21N3O2S/c1-3-15-6-8-16(9-7-15)20(25)21-13-14(2)23-19(24)11-10-17(22-23)18-5-4-12-26-18/h4-12,14H,3,13H2,1-2H3,(H,21,25). The summed E-state index contributed by atoms with van der Waals surface area (Å²) in [6.45, 7) is 4.27. The molecule has 0 saturated carbocycles. The van der Waals surface area contributed by atoms with Crippen LogP contribution >= 0.6 is 11.3 Å². The first-order valence-corrected chi connectivity index (χ1v) is 9.47. The molecule has 1 atom stereocenters. The monoisotopic (exact) mass is 367 g/mol. The van der Waals surface area contributed by atoms with Crippen LogP contribution in [0.3, 0.4) is 0 Å². The van der Waals surface area contributed by atoms with Crippen LogP contribution in [-0.4, -0.2) is 22.2 Å². The Morgan fingerprint density at radius 2 is 1.96 bits per heavy atom. The molecule has 0 saturated heterocycles. The molecule has 0 aliphatic carbocycles. The van der Waals surface area contributed by atoms with E-state index in [1.807, 2.05) is 48.7 Å². The summed E-state index contributed by atoms with van der Waals surface area (Å²) in [4.78, 5) is 25.5. The van der Waals surface area contributed by atoms with Gasteiger partial charge in [0.1, 0.15) is 5.69 Å². The molecule has 0 radical (unpaired) electrons. The molecule has 1 amide bonds. The molecule has 1 aromatic carbocycles. The summed E-state index contributed by atoms with van der Waals surface area (Å²) in [6, 6.07) is 14.5. The molecule has 0 fully saturated rings. The van der Waals surface area contributed by atoms with Crippen molar-refractivity contribution in [2.24, 2.45) is 0 Å². The molecule has 3 aromatic rings. The van der Waals surface area contributed by atoms with Crippen molar-refractivity contribution in [1.29, 1.82) is 0 Å². The summed E-state index contributed by atoms with van der Waals surface area (Å²) in [6.07, 6.45) is 0.939. The van der Waals surface area contributed by atoms with E-state index in [-0.39, 0.29) is 17.5 Å². The number of aromatic nitrogens is 2. The van der Waals surface area contributed by atoms with Gasteiger partial charge >= 0.3 is 0 Å². The van der Waals surface area contributed by atoms with Crippen molar-refractivity contribution in [3.8, 4) is 10.6 Å². The van der Waals surface area contributed by atoms with Crippen molar-refractivity contribution in [1.82, 2.24) is 15.1 Å². The third-order valence-electron chi connectivity index (χ3n) is 4.20. The van der Waals surface area contributed by atoms with Gasteiger partial charge in [0.15, 0.2) is 0 Å². The molecule has 1 N–H and O–H groups in total. The topological polar surface area (TPSA) is 64.0 Å². The van der Waals surface area contributed by atoms with E-state index in [9.17, 15) is 9.59 Å². The number of carbonyl (C=O) groups is 1. The number of nitrogens with one attached hydrogen (secondary N) is 1. The quantitative estimate of drug-likeness (QED) is 0.725. The fraction of sp³-hybridized carbons (Fsp3) is 0.250. The van der Waals surface area contributed by atoms with Gasteiger partial charge in [0, 0.05) is 18.2 Å². The van der Waals surface area contributed by atoms with Gasteiger partial charge in [-0.05, 0) is 48.6 Å². The van der Waals surface area contributed by atoms with Crippen molar-refractivity contribution in [3.05, 3.63) is 75.4 Å². The number of hydrogen-bond acceptors (Lipinski definition) is 4. The van der Waals surface area contributed by atoms with E-state index in [0.717, 1.165) is 17.0 Å². The lowest BCUT2D eigenvalue weighted by molar-refractivity contribution is 0.0947. The number of thiophene rings is 1. The van der Waals surface area contributed by atoms with Gasteiger partial charge in [-0.3, -0.25) is 9.59 Å². The number of hydrogen-bond donors (Lipinski definition) is 1. The van der Waals surface area contributed by atoms with E-state index in [1.165, 1.54) is 16.3 Å². The Kier molecular flexibility index (Phi) is 5.63. The van der Waals surface area contributed by atoms with Crippen LogP contribution in [0.4, 0.5) is 0 Å². The Morgan fingerprint density at radius 3 is 2.62 bits per heavy atom. The summed E-state index contributed by atoms with van der Waals surface area (Å²) in [5, 5.41) is 9.30. The van der Waals surface area contributed by atoms with Gasteiger partial charge in [-0.25, -0.2) is 4.68 Å². The second-order valence-corrected chi connectivity index (χ2v) is 7.04. The Hall–Kier alpha value is -2.73. The maximum atomic E-state index is 12.3. The Morgan fingerprint density at radius 1 is 1.19 bits per heavy atom. The fourth-order valence-corrected chi connectivity index (χ4v) is 3.31. The summed E-state index contributed by atoms with van der Waals surface area (Å²) < 4.78 is 1.43. The molecule has 134 valence electrons. The lowest BCUT2D eigenvalue weighted by atomic mass is 10.1. The van der Waals surface area contributed by atoms with E-state index in [1.54, 1.807) is 17.4 Å². The zero-order valence-electron chi connectivity index (χ0n) is 14.8. The van der Waals surface area contributed by atoms with Crippen LogP contribution in [0.15, 0.2) is 58.7 Å². The van der Waals surface area contributed by atoms with Crippen molar-refractivity contribution in [2.75, 3.05) is 6.54 Å². The highest BCUT2D eigenvalue weighted by atomic mass is 32.1. The summed E-state index contributed by atoms with van der Waals surface area (Å²) in [7, 11) is 0. The lowest BCUT2D eigenvalue weighted by Gasteiger charge is -2.15. The van der Waals surface area contributed by atoms with E-state index < -0.39 is 0 Å². The number of nitrogens with zero attached hydrogens (tertiary/aromatic N) is 2. The minimum atomic E-state index is -0.249. The third kappa shape index (κ3) is 4.08. The zero-order chi connectivity index (χ0) is 18.5. The van der Waals surface area contributed by atoms with E-state index >= 15 is 0 Å². The molecule has 3 rings (SSSR count). The van der Waals surface area contributed by atoms with Crippen LogP contribution in [0, 0.1) is 0 Å². The van der Waals surface area contributed by atoms with Gasteiger partial charge in [0.25, 0.3) is 11.5 Å². The van der Waals surface area contributed by atoms with Gasteiger partial charge in [-0.1, -0.05) is 25.1 Å². The third-order valence-corrected chi connectivity index (χ3v) is 5.09. The number of aryl methyl sites for hydroxylation is 1. The van der Waals surface area contributed by atoms with Crippen LogP contribution in [0.25, 0.3) is 10.6 Å². The van der Waals surface area contributed by atoms with Crippen LogP contribution < -0.4 is 10.9 Å². The maximum Gasteiger partial charge on any atom is 0.267 e. The number of benzene rings is 1. The minimum Gasteiger partial charge on any atom is -0.350 e. The van der Waals surface area contributed by atoms with E-state index in [2.05, 4.69) is 17.3 Å². The predicted octanol–water partition coefficient (Wildman–Crippen LogP) is 3.53. The Labute approximate surface area is 156 Å². The molecule has 2 aromatic heterocycles. The number of amides is 1. The predicted molar refractivity (Wildman–Crippen MR) is 105 cm³/mol. The first-order valence-electron chi connectivity index (χ1n) is 8.59. The SMILES string of the molecule is CCc1ccc(C(=O)NCC(C)n2nc(-c3cccs3)ccc2=O)cc1. The largest absolute Gasteiger partial charge is 0.350 e. The zero-order valence-corrected chi connectivity index (χ0v) is 15.6. The van der Waals surface area contributed by atoms with Crippen LogP contribution in [-0.2, 0) is 6.42 Å². The smallest absolute Gasteiger partial charge is 0.267 e. The van der Waals surface area contributed by atoms with Gasteiger partial charge in [-0.2, -0.15) is 5.10 Å². The first-order chi connectivity index (χ1) is 12.6. The molecule has 0 bridgehead atoms.